The minimum absolute atomic E-state index is 0.0324. The predicted molar refractivity (Wildman–Crippen MR) is 110 cm³/mol. The Morgan fingerprint density at radius 2 is 1.43 bits per heavy atom. The third kappa shape index (κ3) is 7.71. The SMILES string of the molecule is CCCOS(=O)(=O)c1ccc(C)cc1.CCCc1cc(C)ccc1S(=O)(=O)O. The fourth-order valence-electron chi connectivity index (χ4n) is 2.39. The summed E-state index contributed by atoms with van der Waals surface area (Å²) in [5, 5.41) is 0. The molecule has 0 aliphatic rings. The van der Waals surface area contributed by atoms with Gasteiger partial charge in [0, 0.05) is 0 Å². The molecular formula is C20H28O6S2. The molecular weight excluding hydrogens is 400 g/mol. The predicted octanol–water partition coefficient (Wildman–Crippen LogP) is 4.30. The molecule has 6 nitrogen and oxygen atoms in total. The molecule has 156 valence electrons. The van der Waals surface area contributed by atoms with Gasteiger partial charge in [-0.05, 0) is 50.5 Å². The molecule has 1 N–H and O–H groups in total. The second kappa shape index (κ2) is 10.7. The maximum absolute atomic E-state index is 11.5. The van der Waals surface area contributed by atoms with Crippen molar-refractivity contribution in [3.05, 3.63) is 59.2 Å². The van der Waals surface area contributed by atoms with E-state index in [2.05, 4.69) is 0 Å². The van der Waals surface area contributed by atoms with Gasteiger partial charge in [-0.3, -0.25) is 8.74 Å². The molecule has 0 unspecified atom stereocenters. The van der Waals surface area contributed by atoms with E-state index >= 15 is 0 Å². The number of rotatable bonds is 7. The Balaban J connectivity index is 0.000000280. The Morgan fingerprint density at radius 1 is 0.857 bits per heavy atom. The smallest absolute Gasteiger partial charge is 0.282 e. The number of hydrogen-bond donors (Lipinski definition) is 1. The molecule has 28 heavy (non-hydrogen) atoms. The summed E-state index contributed by atoms with van der Waals surface area (Å²) in [6, 6.07) is 11.6. The van der Waals surface area contributed by atoms with Gasteiger partial charge in [-0.2, -0.15) is 16.8 Å². The minimum Gasteiger partial charge on any atom is -0.282 e. The van der Waals surface area contributed by atoms with Crippen LogP contribution < -0.4 is 0 Å². The highest BCUT2D eigenvalue weighted by Gasteiger charge is 2.14. The quantitative estimate of drug-likeness (QED) is 0.521. The van der Waals surface area contributed by atoms with E-state index in [1.807, 2.05) is 27.7 Å². The molecule has 0 saturated heterocycles. The molecule has 0 fully saturated rings. The van der Waals surface area contributed by atoms with E-state index in [0.717, 1.165) is 17.5 Å². The van der Waals surface area contributed by atoms with E-state index in [4.69, 9.17) is 8.74 Å². The van der Waals surface area contributed by atoms with Gasteiger partial charge in [0.05, 0.1) is 16.4 Å². The average Bonchev–Trinajstić information content (AvgIpc) is 2.60. The maximum Gasteiger partial charge on any atom is 0.296 e. The first-order valence-electron chi connectivity index (χ1n) is 9.04. The Labute approximate surface area is 168 Å². The molecule has 0 aromatic heterocycles. The van der Waals surface area contributed by atoms with Gasteiger partial charge in [0.25, 0.3) is 20.2 Å². The second-order valence-electron chi connectivity index (χ2n) is 6.43. The first-order valence-corrected chi connectivity index (χ1v) is 11.9. The monoisotopic (exact) mass is 428 g/mol. The van der Waals surface area contributed by atoms with Crippen molar-refractivity contribution in [2.75, 3.05) is 6.61 Å². The summed E-state index contributed by atoms with van der Waals surface area (Å²) in [4.78, 5) is 0.251. The molecule has 0 aliphatic heterocycles. The Bertz CT molecular complexity index is 962. The largest absolute Gasteiger partial charge is 0.296 e. The highest BCUT2D eigenvalue weighted by atomic mass is 32.2. The zero-order valence-electron chi connectivity index (χ0n) is 16.7. The Kier molecular flexibility index (Phi) is 9.29. The van der Waals surface area contributed by atoms with Crippen molar-refractivity contribution in [2.45, 2.75) is 56.7 Å². The molecule has 0 aliphatic carbocycles. The van der Waals surface area contributed by atoms with Crippen molar-refractivity contribution in [1.29, 1.82) is 0 Å². The van der Waals surface area contributed by atoms with Crippen LogP contribution in [0.25, 0.3) is 0 Å². The van der Waals surface area contributed by atoms with Crippen LogP contribution in [0.3, 0.4) is 0 Å². The van der Waals surface area contributed by atoms with E-state index in [0.29, 0.717) is 18.4 Å². The topological polar surface area (TPSA) is 97.7 Å². The highest BCUT2D eigenvalue weighted by Crippen LogP contribution is 2.18. The van der Waals surface area contributed by atoms with Gasteiger partial charge in [0.15, 0.2) is 0 Å². The molecule has 0 bridgehead atoms. The van der Waals surface area contributed by atoms with Gasteiger partial charge in [-0.25, -0.2) is 0 Å². The number of aryl methyl sites for hydroxylation is 3. The second-order valence-corrected chi connectivity index (χ2v) is 9.43. The van der Waals surface area contributed by atoms with Crippen LogP contribution in [0, 0.1) is 13.8 Å². The Morgan fingerprint density at radius 3 is 1.93 bits per heavy atom. The fraction of sp³-hybridized carbons (Fsp3) is 0.400. The van der Waals surface area contributed by atoms with Gasteiger partial charge in [-0.1, -0.05) is 55.7 Å². The number of benzene rings is 2. The molecule has 2 rings (SSSR count). The van der Waals surface area contributed by atoms with Gasteiger partial charge in [0.2, 0.25) is 0 Å². The fourth-order valence-corrected chi connectivity index (χ4v) is 4.11. The van der Waals surface area contributed by atoms with Crippen LogP contribution >= 0.6 is 0 Å². The summed E-state index contributed by atoms with van der Waals surface area (Å²) < 4.78 is 58.7. The highest BCUT2D eigenvalue weighted by molar-refractivity contribution is 7.86. The lowest BCUT2D eigenvalue weighted by Crippen LogP contribution is -2.06. The van der Waals surface area contributed by atoms with Crippen molar-refractivity contribution in [2.24, 2.45) is 0 Å². The summed E-state index contributed by atoms with van der Waals surface area (Å²) in [5.41, 5.74) is 2.72. The summed E-state index contributed by atoms with van der Waals surface area (Å²) >= 11 is 0. The van der Waals surface area contributed by atoms with Crippen molar-refractivity contribution < 1.29 is 25.6 Å². The molecule has 2 aromatic carbocycles. The molecule has 2 aromatic rings. The third-order valence-corrected chi connectivity index (χ3v) is 6.05. The van der Waals surface area contributed by atoms with Gasteiger partial charge in [-0.15, -0.1) is 0 Å². The van der Waals surface area contributed by atoms with Crippen molar-refractivity contribution in [3.8, 4) is 0 Å². The molecule has 8 heteroatoms. The first kappa shape index (κ1) is 24.3. The average molecular weight is 429 g/mol. The maximum atomic E-state index is 11.5. The standard InChI is InChI=1S/2C10H14O3S/c1-3-8-13-14(11,12)10-6-4-9(2)5-7-10;1-3-4-9-7-8(2)5-6-10(9)14(11,12)13/h4-7H,3,8H2,1-2H3;5-7H,3-4H2,1-2H3,(H,11,12,13). The lowest BCUT2D eigenvalue weighted by atomic mass is 10.1. The van der Waals surface area contributed by atoms with Crippen molar-refractivity contribution in [1.82, 2.24) is 0 Å². The van der Waals surface area contributed by atoms with Gasteiger partial charge >= 0.3 is 0 Å². The Hall–Kier alpha value is -1.74. The molecule has 0 spiro atoms. The van der Waals surface area contributed by atoms with E-state index in [9.17, 15) is 16.8 Å². The van der Waals surface area contributed by atoms with Crippen LogP contribution in [0.2, 0.25) is 0 Å². The van der Waals surface area contributed by atoms with Crippen LogP contribution in [0.4, 0.5) is 0 Å². The summed E-state index contributed by atoms with van der Waals surface area (Å²) in [5.74, 6) is 0. The molecule has 0 heterocycles. The zero-order chi connectivity index (χ0) is 21.4. The van der Waals surface area contributed by atoms with Crippen molar-refractivity contribution >= 4 is 20.2 Å². The van der Waals surface area contributed by atoms with E-state index in [-0.39, 0.29) is 16.4 Å². The van der Waals surface area contributed by atoms with Crippen molar-refractivity contribution in [3.63, 3.8) is 0 Å². The van der Waals surface area contributed by atoms with E-state index in [1.165, 1.54) is 6.07 Å². The van der Waals surface area contributed by atoms with Crippen LogP contribution in [0.1, 0.15) is 43.4 Å². The minimum atomic E-state index is -4.07. The normalized spacial score (nSPS) is 11.6. The summed E-state index contributed by atoms with van der Waals surface area (Å²) in [7, 11) is -7.61. The molecule has 0 radical (unpaired) electrons. The molecule has 0 saturated carbocycles. The van der Waals surface area contributed by atoms with Crippen LogP contribution in [0.15, 0.2) is 52.3 Å². The van der Waals surface area contributed by atoms with Crippen LogP contribution in [-0.4, -0.2) is 28.0 Å². The first-order chi connectivity index (χ1) is 13.0. The van der Waals surface area contributed by atoms with Crippen LogP contribution in [0.5, 0.6) is 0 Å². The summed E-state index contributed by atoms with van der Waals surface area (Å²) in [6.45, 7) is 7.87. The van der Waals surface area contributed by atoms with E-state index in [1.54, 1.807) is 36.4 Å². The zero-order valence-corrected chi connectivity index (χ0v) is 18.3. The lowest BCUT2D eigenvalue weighted by Gasteiger charge is -2.06. The van der Waals surface area contributed by atoms with Gasteiger partial charge < -0.3 is 0 Å². The molecule has 0 amide bonds. The number of hydrogen-bond acceptors (Lipinski definition) is 5. The lowest BCUT2D eigenvalue weighted by molar-refractivity contribution is 0.318. The van der Waals surface area contributed by atoms with Crippen LogP contribution in [-0.2, 0) is 30.8 Å². The van der Waals surface area contributed by atoms with Gasteiger partial charge in [0.1, 0.15) is 0 Å². The summed E-state index contributed by atoms with van der Waals surface area (Å²) in [6.07, 6.45) is 2.20. The molecule has 0 atom stereocenters. The van der Waals surface area contributed by atoms with E-state index < -0.39 is 20.2 Å². The third-order valence-electron chi connectivity index (χ3n) is 3.77.